The highest BCUT2D eigenvalue weighted by atomic mass is 16.5. The van der Waals surface area contributed by atoms with E-state index in [4.69, 9.17) is 10.5 Å². The molecular formula is C16H19NO. The molecule has 18 heavy (non-hydrogen) atoms. The van der Waals surface area contributed by atoms with E-state index in [0.29, 0.717) is 5.92 Å². The minimum absolute atomic E-state index is 0.532. The van der Waals surface area contributed by atoms with Gasteiger partial charge in [-0.15, -0.1) is 0 Å². The number of methoxy groups -OCH3 is 1. The molecule has 1 atom stereocenters. The lowest BCUT2D eigenvalue weighted by Crippen LogP contribution is -2.18. The Bertz CT molecular complexity index is 577. The zero-order valence-corrected chi connectivity index (χ0v) is 10.8. The summed E-state index contributed by atoms with van der Waals surface area (Å²) in [6.07, 6.45) is 3.67. The van der Waals surface area contributed by atoms with E-state index in [9.17, 15) is 0 Å². The molecule has 2 heteroatoms. The number of rotatable bonds is 2. The third-order valence-electron chi connectivity index (χ3n) is 4.03. The van der Waals surface area contributed by atoms with Gasteiger partial charge >= 0.3 is 0 Å². The second-order valence-corrected chi connectivity index (χ2v) is 5.09. The molecule has 3 rings (SSSR count). The first kappa shape index (κ1) is 11.5. The van der Waals surface area contributed by atoms with Gasteiger partial charge in [0.05, 0.1) is 7.11 Å². The molecule has 0 saturated carbocycles. The number of hydrogen-bond donors (Lipinski definition) is 1. The van der Waals surface area contributed by atoms with E-state index in [1.807, 2.05) is 6.07 Å². The predicted molar refractivity (Wildman–Crippen MR) is 75.2 cm³/mol. The molecule has 0 saturated heterocycles. The molecule has 1 aliphatic carbocycles. The van der Waals surface area contributed by atoms with E-state index in [0.717, 1.165) is 12.3 Å². The molecule has 2 N–H and O–H groups in total. The molecule has 0 heterocycles. The van der Waals surface area contributed by atoms with Gasteiger partial charge in [-0.3, -0.25) is 0 Å². The Hall–Kier alpha value is -1.54. The van der Waals surface area contributed by atoms with Crippen molar-refractivity contribution in [2.45, 2.75) is 25.2 Å². The maximum atomic E-state index is 5.89. The lowest BCUT2D eigenvalue weighted by atomic mass is 9.81. The fourth-order valence-electron chi connectivity index (χ4n) is 3.00. The third kappa shape index (κ3) is 1.87. The van der Waals surface area contributed by atoms with Gasteiger partial charge in [0.1, 0.15) is 5.75 Å². The van der Waals surface area contributed by atoms with Crippen molar-refractivity contribution >= 4 is 10.8 Å². The van der Waals surface area contributed by atoms with Crippen LogP contribution in [0.4, 0.5) is 0 Å². The van der Waals surface area contributed by atoms with Crippen molar-refractivity contribution in [3.05, 3.63) is 41.5 Å². The molecule has 1 aliphatic rings. The first-order valence-electron chi connectivity index (χ1n) is 6.62. The van der Waals surface area contributed by atoms with Crippen LogP contribution in [-0.2, 0) is 6.42 Å². The van der Waals surface area contributed by atoms with Gasteiger partial charge in [-0.05, 0) is 65.8 Å². The fourth-order valence-corrected chi connectivity index (χ4v) is 3.00. The average molecular weight is 241 g/mol. The van der Waals surface area contributed by atoms with E-state index in [2.05, 4.69) is 24.3 Å². The number of aryl methyl sites for hydroxylation is 1. The summed E-state index contributed by atoms with van der Waals surface area (Å²) in [4.78, 5) is 0. The van der Waals surface area contributed by atoms with Crippen LogP contribution in [0.15, 0.2) is 30.3 Å². The minimum atomic E-state index is 0.532. The van der Waals surface area contributed by atoms with Crippen LogP contribution >= 0.6 is 0 Å². The summed E-state index contributed by atoms with van der Waals surface area (Å²) < 4.78 is 5.29. The summed E-state index contributed by atoms with van der Waals surface area (Å²) in [7, 11) is 1.71. The molecule has 2 aromatic rings. The highest BCUT2D eigenvalue weighted by Gasteiger charge is 2.19. The monoisotopic (exact) mass is 241 g/mol. The maximum absolute atomic E-state index is 5.89. The van der Waals surface area contributed by atoms with E-state index in [1.54, 1.807) is 7.11 Å². The second-order valence-electron chi connectivity index (χ2n) is 5.09. The van der Waals surface area contributed by atoms with Crippen molar-refractivity contribution in [1.82, 2.24) is 0 Å². The van der Waals surface area contributed by atoms with Crippen LogP contribution in [0.5, 0.6) is 5.75 Å². The SMILES string of the molecule is COc1ccc2cc3c(cc2c1)C(CN)CCC3. The Kier molecular flexibility index (Phi) is 2.96. The highest BCUT2D eigenvalue weighted by Crippen LogP contribution is 2.34. The quantitative estimate of drug-likeness (QED) is 0.876. The van der Waals surface area contributed by atoms with E-state index >= 15 is 0 Å². The van der Waals surface area contributed by atoms with Gasteiger partial charge in [0, 0.05) is 0 Å². The summed E-state index contributed by atoms with van der Waals surface area (Å²) in [5, 5.41) is 2.56. The van der Waals surface area contributed by atoms with Crippen molar-refractivity contribution in [2.24, 2.45) is 5.73 Å². The van der Waals surface area contributed by atoms with Crippen molar-refractivity contribution in [3.8, 4) is 5.75 Å². The largest absolute Gasteiger partial charge is 0.497 e. The Morgan fingerprint density at radius 3 is 2.89 bits per heavy atom. The summed E-state index contributed by atoms with van der Waals surface area (Å²) >= 11 is 0. The lowest BCUT2D eigenvalue weighted by molar-refractivity contribution is 0.415. The van der Waals surface area contributed by atoms with Gasteiger partial charge in [-0.1, -0.05) is 18.2 Å². The van der Waals surface area contributed by atoms with Crippen LogP contribution in [0.3, 0.4) is 0 Å². The van der Waals surface area contributed by atoms with Gasteiger partial charge in [0.25, 0.3) is 0 Å². The average Bonchev–Trinajstić information content (AvgIpc) is 2.43. The lowest BCUT2D eigenvalue weighted by Gasteiger charge is -2.25. The number of hydrogen-bond acceptors (Lipinski definition) is 2. The Morgan fingerprint density at radius 1 is 1.22 bits per heavy atom. The molecule has 2 nitrogen and oxygen atoms in total. The van der Waals surface area contributed by atoms with Gasteiger partial charge < -0.3 is 10.5 Å². The van der Waals surface area contributed by atoms with Crippen LogP contribution in [0, 0.1) is 0 Å². The summed E-state index contributed by atoms with van der Waals surface area (Å²) in [5.41, 5.74) is 8.82. The van der Waals surface area contributed by atoms with Gasteiger partial charge in [-0.2, -0.15) is 0 Å². The molecule has 0 amide bonds. The van der Waals surface area contributed by atoms with Gasteiger partial charge in [0.15, 0.2) is 0 Å². The van der Waals surface area contributed by atoms with E-state index in [-0.39, 0.29) is 0 Å². The minimum Gasteiger partial charge on any atom is -0.497 e. The van der Waals surface area contributed by atoms with Crippen molar-refractivity contribution in [2.75, 3.05) is 13.7 Å². The van der Waals surface area contributed by atoms with Crippen LogP contribution in [0.25, 0.3) is 10.8 Å². The molecule has 0 aliphatic heterocycles. The zero-order valence-electron chi connectivity index (χ0n) is 10.8. The predicted octanol–water partition coefficient (Wildman–Crippen LogP) is 3.23. The first-order valence-corrected chi connectivity index (χ1v) is 6.62. The maximum Gasteiger partial charge on any atom is 0.119 e. The smallest absolute Gasteiger partial charge is 0.119 e. The van der Waals surface area contributed by atoms with Gasteiger partial charge in [0.2, 0.25) is 0 Å². The fraction of sp³-hybridized carbons (Fsp3) is 0.375. The molecule has 0 bridgehead atoms. The topological polar surface area (TPSA) is 35.2 Å². The summed E-state index contributed by atoms with van der Waals surface area (Å²) in [6, 6.07) is 10.9. The molecule has 2 aromatic carbocycles. The Balaban J connectivity index is 2.17. The molecule has 0 fully saturated rings. The normalized spacial score (nSPS) is 18.7. The van der Waals surface area contributed by atoms with E-state index < -0.39 is 0 Å². The highest BCUT2D eigenvalue weighted by molar-refractivity contribution is 5.85. The molecule has 0 aromatic heterocycles. The van der Waals surface area contributed by atoms with Crippen LogP contribution in [0.1, 0.15) is 29.9 Å². The second kappa shape index (κ2) is 4.62. The number of fused-ring (bicyclic) bond motifs is 2. The zero-order chi connectivity index (χ0) is 12.5. The molecule has 0 spiro atoms. The van der Waals surface area contributed by atoms with Crippen LogP contribution in [-0.4, -0.2) is 13.7 Å². The third-order valence-corrected chi connectivity index (χ3v) is 4.03. The first-order chi connectivity index (χ1) is 8.81. The standard InChI is InChI=1S/C16H19NO/c1-18-15-6-5-11-7-12-3-2-4-13(10-17)16(12)9-14(11)8-15/h5-9,13H,2-4,10,17H2,1H3. The molecule has 94 valence electrons. The van der Waals surface area contributed by atoms with E-state index in [1.165, 1.54) is 41.2 Å². The Morgan fingerprint density at radius 2 is 2.11 bits per heavy atom. The van der Waals surface area contributed by atoms with Crippen LogP contribution < -0.4 is 10.5 Å². The molecular weight excluding hydrogens is 222 g/mol. The van der Waals surface area contributed by atoms with Gasteiger partial charge in [-0.25, -0.2) is 0 Å². The molecule has 0 radical (unpaired) electrons. The van der Waals surface area contributed by atoms with Crippen molar-refractivity contribution in [1.29, 1.82) is 0 Å². The number of benzene rings is 2. The number of nitrogens with two attached hydrogens (primary N) is 1. The Labute approximate surface area is 108 Å². The van der Waals surface area contributed by atoms with Crippen LogP contribution in [0.2, 0.25) is 0 Å². The number of ether oxygens (including phenoxy) is 1. The van der Waals surface area contributed by atoms with Crippen molar-refractivity contribution < 1.29 is 4.74 Å². The summed E-state index contributed by atoms with van der Waals surface area (Å²) in [6.45, 7) is 0.752. The molecule has 1 unspecified atom stereocenters. The summed E-state index contributed by atoms with van der Waals surface area (Å²) in [5.74, 6) is 1.45. The van der Waals surface area contributed by atoms with Crippen molar-refractivity contribution in [3.63, 3.8) is 0 Å².